The molecule has 3 aromatic rings. The Bertz CT molecular complexity index is 1570. The second kappa shape index (κ2) is 12.0. The topological polar surface area (TPSA) is 234 Å². The molecule has 4 heterocycles. The Morgan fingerprint density at radius 3 is 1.60 bits per heavy atom. The number of ether oxygens (including phenoxy) is 6. The van der Waals surface area contributed by atoms with Gasteiger partial charge in [0.25, 0.3) is 0 Å². The largest absolute Gasteiger partial charge is 0.462 e. The maximum Gasteiger partial charge on any atom is 0.340 e. The highest BCUT2D eigenvalue weighted by atomic mass is 16.7. The van der Waals surface area contributed by atoms with E-state index in [-0.39, 0.29) is 23.0 Å². The lowest BCUT2D eigenvalue weighted by Crippen LogP contribution is -2.60. The van der Waals surface area contributed by atoms with Crippen LogP contribution in [0, 0.1) is 0 Å². The Morgan fingerprint density at radius 1 is 0.617 bits per heavy atom. The lowest BCUT2D eigenvalue weighted by molar-refractivity contribution is -0.277. The van der Waals surface area contributed by atoms with Crippen LogP contribution < -0.4 is 14.2 Å². The van der Waals surface area contributed by atoms with Crippen molar-refractivity contribution in [1.29, 1.82) is 0 Å². The molecule has 0 amide bonds. The maximum atomic E-state index is 13.2. The van der Waals surface area contributed by atoms with Gasteiger partial charge < -0.3 is 69.3 Å². The first-order valence-corrected chi connectivity index (χ1v) is 14.8. The molecule has 0 radical (unpaired) electrons. The molecular weight excluding hydrogens is 624 g/mol. The fraction of sp³-hybridized carbons (Fsp3) is 0.406. The van der Waals surface area contributed by atoms with Crippen LogP contribution in [0.4, 0.5) is 0 Å². The highest BCUT2D eigenvalue weighted by Gasteiger charge is 2.54. The first-order chi connectivity index (χ1) is 22.6. The Morgan fingerprint density at radius 2 is 1.11 bits per heavy atom. The average molecular weight is 657 g/mol. The molecule has 2 saturated heterocycles. The molecule has 2 fully saturated rings. The van der Waals surface area contributed by atoms with Crippen molar-refractivity contribution < 1.29 is 74.1 Å². The Labute approximate surface area is 266 Å². The van der Waals surface area contributed by atoms with Crippen molar-refractivity contribution in [3.05, 3.63) is 82.9 Å². The van der Waals surface area contributed by atoms with E-state index in [0.29, 0.717) is 22.3 Å². The number of fused-ring (bicyclic) bond motifs is 6. The molecule has 10 atom stereocenters. The zero-order valence-corrected chi connectivity index (χ0v) is 24.4. The van der Waals surface area contributed by atoms with Gasteiger partial charge in [0.05, 0.1) is 18.8 Å². The quantitative estimate of drug-likeness (QED) is 0.143. The Balaban J connectivity index is 1.26. The van der Waals surface area contributed by atoms with Gasteiger partial charge in [-0.05, 0) is 30.3 Å². The second-order valence-electron chi connectivity index (χ2n) is 11.7. The molecular formula is C32H32O15. The number of benzene rings is 3. The second-order valence-corrected chi connectivity index (χ2v) is 11.7. The number of hydrogen-bond donors (Lipinski definition) is 8. The van der Waals surface area contributed by atoms with Crippen LogP contribution in [0.1, 0.15) is 27.0 Å². The minimum atomic E-state index is -1.67. The minimum Gasteiger partial charge on any atom is -0.462 e. The third kappa shape index (κ3) is 5.03. The van der Waals surface area contributed by atoms with Crippen LogP contribution in [-0.4, -0.2) is 121 Å². The van der Waals surface area contributed by atoms with Gasteiger partial charge in [0, 0.05) is 28.8 Å². The first-order valence-electron chi connectivity index (χ1n) is 14.8. The number of aliphatic hydroxyl groups excluding tert-OH is 8. The zero-order chi connectivity index (χ0) is 33.2. The van der Waals surface area contributed by atoms with Gasteiger partial charge in [0.1, 0.15) is 71.8 Å². The molecule has 1 spiro atoms. The monoisotopic (exact) mass is 656 g/mol. The third-order valence-corrected chi connectivity index (χ3v) is 8.86. The number of esters is 1. The smallest absolute Gasteiger partial charge is 0.340 e. The van der Waals surface area contributed by atoms with Crippen LogP contribution in [0.15, 0.2) is 60.7 Å². The van der Waals surface area contributed by atoms with E-state index >= 15 is 0 Å². The van der Waals surface area contributed by atoms with Crippen molar-refractivity contribution in [3.8, 4) is 23.0 Å². The summed E-state index contributed by atoms with van der Waals surface area (Å²) >= 11 is 0. The van der Waals surface area contributed by atoms with Gasteiger partial charge in [-0.25, -0.2) is 4.79 Å². The van der Waals surface area contributed by atoms with E-state index in [4.69, 9.17) is 28.4 Å². The van der Waals surface area contributed by atoms with Crippen molar-refractivity contribution >= 4 is 5.97 Å². The van der Waals surface area contributed by atoms with Crippen molar-refractivity contribution in [1.82, 2.24) is 0 Å². The van der Waals surface area contributed by atoms with Crippen LogP contribution in [-0.2, 0) is 19.8 Å². The van der Waals surface area contributed by atoms with Gasteiger partial charge in [0.15, 0.2) is 5.60 Å². The maximum absolute atomic E-state index is 13.2. The Hall–Kier alpha value is -3.87. The van der Waals surface area contributed by atoms with Crippen LogP contribution in [0.3, 0.4) is 0 Å². The molecule has 0 aliphatic carbocycles. The van der Waals surface area contributed by atoms with E-state index in [1.807, 2.05) is 0 Å². The SMILES string of the molecule is O=C1OC2(c3ccc(O[C@@H]4O[C@H](CO)[C@H](O)[C@H](O)[C@H]4O)cc3Oc3cc(O[C@@H]4O[C@H](CO)[C@H](O)[C@H](O)[C@H]4O)ccc32)c2ccccc21. The van der Waals surface area contributed by atoms with Crippen molar-refractivity contribution in [3.63, 3.8) is 0 Å². The molecule has 250 valence electrons. The minimum absolute atomic E-state index is 0.0954. The Kier molecular flexibility index (Phi) is 8.08. The van der Waals surface area contributed by atoms with E-state index in [9.17, 15) is 45.6 Å². The van der Waals surface area contributed by atoms with E-state index < -0.39 is 86.2 Å². The summed E-state index contributed by atoms with van der Waals surface area (Å²) in [5.41, 5.74) is 0.217. The molecule has 0 aromatic heterocycles. The molecule has 7 rings (SSSR count). The predicted octanol–water partition coefficient (Wildman–Crippen LogP) is -1.39. The molecule has 0 unspecified atom stereocenters. The van der Waals surface area contributed by atoms with Crippen LogP contribution in [0.2, 0.25) is 0 Å². The van der Waals surface area contributed by atoms with Crippen molar-refractivity contribution in [2.75, 3.05) is 13.2 Å². The summed E-state index contributed by atoms with van der Waals surface area (Å²) < 4.78 is 35.0. The fourth-order valence-electron chi connectivity index (χ4n) is 6.38. The molecule has 0 bridgehead atoms. The van der Waals surface area contributed by atoms with Crippen molar-refractivity contribution in [2.24, 2.45) is 0 Å². The highest BCUT2D eigenvalue weighted by Crippen LogP contribution is 2.57. The summed E-state index contributed by atoms with van der Waals surface area (Å²) in [4.78, 5) is 13.2. The summed E-state index contributed by atoms with van der Waals surface area (Å²) in [5.74, 6) is -0.0677. The van der Waals surface area contributed by atoms with Gasteiger partial charge in [-0.15, -0.1) is 0 Å². The number of aliphatic hydroxyl groups is 8. The van der Waals surface area contributed by atoms with E-state index in [0.717, 1.165) is 0 Å². The molecule has 47 heavy (non-hydrogen) atoms. The average Bonchev–Trinajstić information content (AvgIpc) is 3.37. The summed E-state index contributed by atoms with van der Waals surface area (Å²) in [7, 11) is 0. The fourth-order valence-corrected chi connectivity index (χ4v) is 6.38. The molecule has 4 aliphatic heterocycles. The molecule has 15 heteroatoms. The molecule has 15 nitrogen and oxygen atoms in total. The van der Waals surface area contributed by atoms with Crippen molar-refractivity contribution in [2.45, 2.75) is 67.0 Å². The van der Waals surface area contributed by atoms with Crippen LogP contribution >= 0.6 is 0 Å². The summed E-state index contributed by atoms with van der Waals surface area (Å²) in [6, 6.07) is 16.0. The van der Waals surface area contributed by atoms with Crippen LogP contribution in [0.5, 0.6) is 23.0 Å². The number of hydrogen-bond acceptors (Lipinski definition) is 15. The summed E-state index contributed by atoms with van der Waals surface area (Å²) in [6.45, 7) is -1.29. The summed E-state index contributed by atoms with van der Waals surface area (Å²) in [6.07, 6.45) is -15.1. The zero-order valence-electron chi connectivity index (χ0n) is 24.4. The molecule has 0 saturated carbocycles. The van der Waals surface area contributed by atoms with E-state index in [2.05, 4.69) is 0 Å². The molecule has 3 aromatic carbocycles. The summed E-state index contributed by atoms with van der Waals surface area (Å²) in [5, 5.41) is 80.7. The first kappa shape index (κ1) is 31.7. The lowest BCUT2D eigenvalue weighted by Gasteiger charge is -2.40. The van der Waals surface area contributed by atoms with E-state index in [1.165, 1.54) is 24.3 Å². The van der Waals surface area contributed by atoms with Gasteiger partial charge in [0.2, 0.25) is 12.6 Å². The number of carbonyl (C=O) groups excluding carboxylic acids is 1. The normalized spacial score (nSPS) is 33.7. The molecule has 8 N–H and O–H groups in total. The van der Waals surface area contributed by atoms with Gasteiger partial charge in [-0.1, -0.05) is 18.2 Å². The number of rotatable bonds is 6. The van der Waals surface area contributed by atoms with Gasteiger partial charge in [-0.2, -0.15) is 0 Å². The van der Waals surface area contributed by atoms with Gasteiger partial charge in [-0.3, -0.25) is 0 Å². The highest BCUT2D eigenvalue weighted by molar-refractivity contribution is 5.97. The standard InChI is InChI=1S/C32H32O15/c33-11-21-23(35)25(37)27(39)30(45-21)42-13-5-7-17-19(9-13)44-20-10-14(43-31-28(40)26(38)24(36)22(12-34)46-31)6-8-18(20)32(17)16-4-2-1-3-15(16)29(41)47-32/h1-10,21-28,30-31,33-40H,11-12H2/t21-,22-,23+,24+,25+,26+,27-,28-,30-,31-/m1/s1. The van der Waals surface area contributed by atoms with E-state index in [1.54, 1.807) is 36.4 Å². The number of carbonyl (C=O) groups is 1. The van der Waals surface area contributed by atoms with Crippen LogP contribution in [0.25, 0.3) is 0 Å². The van der Waals surface area contributed by atoms with Gasteiger partial charge >= 0.3 is 5.97 Å². The lowest BCUT2D eigenvalue weighted by atomic mass is 9.77. The predicted molar refractivity (Wildman–Crippen MR) is 153 cm³/mol. The third-order valence-electron chi connectivity index (χ3n) is 8.86. The molecule has 4 aliphatic rings.